The molecular formula is C21H22N4O2. The molecule has 27 heavy (non-hydrogen) atoms. The van der Waals surface area contributed by atoms with Crippen LogP contribution in [-0.4, -0.2) is 22.6 Å². The minimum Gasteiger partial charge on any atom is -0.376 e. The van der Waals surface area contributed by atoms with Crippen LogP contribution in [0.25, 0.3) is 0 Å². The number of rotatable bonds is 5. The standard InChI is InChI=1S/C21H22N4O2/c1-14(2)20-23-19(27-24-20)13-22-17-8-5-7-16(12-17)21(26)25-11-10-15-6-3-4-9-18(15)25/h3-9,12,14,22H,10-11,13H2,1-2H3. The number of fused-ring (bicyclic) bond motifs is 1. The van der Waals surface area contributed by atoms with E-state index in [2.05, 4.69) is 21.5 Å². The molecule has 6 nitrogen and oxygen atoms in total. The van der Waals surface area contributed by atoms with E-state index in [0.717, 1.165) is 24.3 Å². The van der Waals surface area contributed by atoms with E-state index in [4.69, 9.17) is 4.52 Å². The molecule has 0 saturated carbocycles. The maximum Gasteiger partial charge on any atom is 0.258 e. The SMILES string of the molecule is CC(C)c1noc(CNc2cccc(C(=O)N3CCc4ccccc43)c2)n1. The molecule has 0 unspecified atom stereocenters. The summed E-state index contributed by atoms with van der Waals surface area (Å²) in [5.41, 5.74) is 3.73. The maximum absolute atomic E-state index is 13.0. The summed E-state index contributed by atoms with van der Waals surface area (Å²) in [6, 6.07) is 15.6. The number of para-hydroxylation sites is 1. The molecule has 4 rings (SSSR count). The van der Waals surface area contributed by atoms with Crippen molar-refractivity contribution in [3.8, 4) is 0 Å². The van der Waals surface area contributed by atoms with E-state index < -0.39 is 0 Å². The van der Waals surface area contributed by atoms with Crippen LogP contribution in [0.5, 0.6) is 0 Å². The van der Waals surface area contributed by atoms with E-state index >= 15 is 0 Å². The minimum atomic E-state index is 0.0171. The van der Waals surface area contributed by atoms with Crippen LogP contribution in [0, 0.1) is 0 Å². The van der Waals surface area contributed by atoms with Crippen LogP contribution >= 0.6 is 0 Å². The summed E-state index contributed by atoms with van der Waals surface area (Å²) in [5, 5.41) is 7.21. The van der Waals surface area contributed by atoms with Crippen LogP contribution in [0.15, 0.2) is 53.1 Å². The van der Waals surface area contributed by atoms with Crippen molar-refractivity contribution in [1.29, 1.82) is 0 Å². The fourth-order valence-corrected chi connectivity index (χ4v) is 3.22. The number of anilines is 2. The fourth-order valence-electron chi connectivity index (χ4n) is 3.22. The second kappa shape index (κ2) is 7.23. The Morgan fingerprint density at radius 3 is 2.89 bits per heavy atom. The van der Waals surface area contributed by atoms with Gasteiger partial charge in [-0.15, -0.1) is 0 Å². The lowest BCUT2D eigenvalue weighted by atomic mass is 10.1. The van der Waals surface area contributed by atoms with Crippen molar-refractivity contribution in [2.45, 2.75) is 32.7 Å². The van der Waals surface area contributed by atoms with Gasteiger partial charge >= 0.3 is 0 Å². The molecule has 0 spiro atoms. The Morgan fingerprint density at radius 2 is 2.07 bits per heavy atom. The Labute approximate surface area is 158 Å². The molecule has 0 saturated heterocycles. The van der Waals surface area contributed by atoms with Gasteiger partial charge in [-0.25, -0.2) is 0 Å². The Kier molecular flexibility index (Phi) is 4.62. The molecular weight excluding hydrogens is 340 g/mol. The first-order valence-electron chi connectivity index (χ1n) is 9.18. The number of amides is 1. The summed E-state index contributed by atoms with van der Waals surface area (Å²) < 4.78 is 5.25. The van der Waals surface area contributed by atoms with E-state index in [1.54, 1.807) is 0 Å². The van der Waals surface area contributed by atoms with Crippen molar-refractivity contribution in [1.82, 2.24) is 10.1 Å². The van der Waals surface area contributed by atoms with Gasteiger partial charge in [0.05, 0.1) is 6.54 Å². The predicted octanol–water partition coefficient (Wildman–Crippen LogP) is 4.01. The number of hydrogen-bond acceptors (Lipinski definition) is 5. The molecule has 2 aromatic carbocycles. The predicted molar refractivity (Wildman–Crippen MR) is 104 cm³/mol. The normalized spacial score (nSPS) is 13.1. The largest absolute Gasteiger partial charge is 0.376 e. The smallest absolute Gasteiger partial charge is 0.258 e. The van der Waals surface area contributed by atoms with Gasteiger partial charge in [-0.05, 0) is 36.2 Å². The minimum absolute atomic E-state index is 0.0171. The van der Waals surface area contributed by atoms with Gasteiger partial charge in [0.15, 0.2) is 5.82 Å². The van der Waals surface area contributed by atoms with Gasteiger partial charge in [-0.3, -0.25) is 4.79 Å². The van der Waals surface area contributed by atoms with E-state index in [1.807, 2.05) is 61.2 Å². The quantitative estimate of drug-likeness (QED) is 0.742. The van der Waals surface area contributed by atoms with Gasteiger partial charge in [0.1, 0.15) is 0 Å². The number of nitrogens with zero attached hydrogens (tertiary/aromatic N) is 3. The lowest BCUT2D eigenvalue weighted by Gasteiger charge is -2.18. The summed E-state index contributed by atoms with van der Waals surface area (Å²) in [6.45, 7) is 5.18. The molecule has 0 bridgehead atoms. The Morgan fingerprint density at radius 1 is 1.22 bits per heavy atom. The summed E-state index contributed by atoms with van der Waals surface area (Å²) in [5.74, 6) is 1.47. The van der Waals surface area contributed by atoms with Crippen molar-refractivity contribution in [3.05, 3.63) is 71.4 Å². The van der Waals surface area contributed by atoms with Crippen molar-refractivity contribution in [3.63, 3.8) is 0 Å². The van der Waals surface area contributed by atoms with Gasteiger partial charge < -0.3 is 14.7 Å². The van der Waals surface area contributed by atoms with Gasteiger partial charge in [0.2, 0.25) is 5.89 Å². The third kappa shape index (κ3) is 3.56. The van der Waals surface area contributed by atoms with Crippen molar-refractivity contribution >= 4 is 17.3 Å². The van der Waals surface area contributed by atoms with Crippen LogP contribution in [0.4, 0.5) is 11.4 Å². The highest BCUT2D eigenvalue weighted by Gasteiger charge is 2.25. The van der Waals surface area contributed by atoms with Crippen molar-refractivity contribution in [2.75, 3.05) is 16.8 Å². The van der Waals surface area contributed by atoms with Crippen LogP contribution in [-0.2, 0) is 13.0 Å². The lowest BCUT2D eigenvalue weighted by Crippen LogP contribution is -2.28. The Bertz CT molecular complexity index is 964. The van der Waals surface area contributed by atoms with Gasteiger partial charge in [-0.2, -0.15) is 4.98 Å². The number of benzene rings is 2. The van der Waals surface area contributed by atoms with Crippen LogP contribution in [0.3, 0.4) is 0 Å². The average Bonchev–Trinajstić information content (AvgIpc) is 3.33. The van der Waals surface area contributed by atoms with Crippen LogP contribution in [0.1, 0.15) is 47.4 Å². The Hall–Kier alpha value is -3.15. The first kappa shape index (κ1) is 17.3. The van der Waals surface area contributed by atoms with Crippen LogP contribution in [0.2, 0.25) is 0 Å². The number of carbonyl (C=O) groups excluding carboxylic acids is 1. The van der Waals surface area contributed by atoms with Gasteiger partial charge in [0.25, 0.3) is 5.91 Å². The lowest BCUT2D eigenvalue weighted by molar-refractivity contribution is 0.0989. The molecule has 0 radical (unpaired) electrons. The topological polar surface area (TPSA) is 71.3 Å². The number of nitrogens with one attached hydrogen (secondary N) is 1. The second-order valence-corrected chi connectivity index (χ2v) is 6.97. The average molecular weight is 362 g/mol. The Balaban J connectivity index is 1.47. The number of aromatic nitrogens is 2. The molecule has 1 aliphatic rings. The van der Waals surface area contributed by atoms with E-state index in [9.17, 15) is 4.79 Å². The molecule has 1 aliphatic heterocycles. The molecule has 0 aliphatic carbocycles. The molecule has 6 heteroatoms. The summed E-state index contributed by atoms with van der Waals surface area (Å²) in [7, 11) is 0. The molecule has 3 aromatic rings. The van der Waals surface area contributed by atoms with Crippen LogP contribution < -0.4 is 10.2 Å². The highest BCUT2D eigenvalue weighted by atomic mass is 16.5. The fraction of sp³-hybridized carbons (Fsp3) is 0.286. The van der Waals surface area contributed by atoms with Crippen molar-refractivity contribution in [2.24, 2.45) is 0 Å². The van der Waals surface area contributed by atoms with E-state index in [1.165, 1.54) is 5.56 Å². The number of carbonyl (C=O) groups is 1. The monoisotopic (exact) mass is 362 g/mol. The second-order valence-electron chi connectivity index (χ2n) is 6.97. The maximum atomic E-state index is 13.0. The molecule has 1 amide bonds. The molecule has 138 valence electrons. The first-order valence-corrected chi connectivity index (χ1v) is 9.18. The summed E-state index contributed by atoms with van der Waals surface area (Å²) >= 11 is 0. The molecule has 1 aromatic heterocycles. The molecule has 0 atom stereocenters. The van der Waals surface area contributed by atoms with E-state index in [-0.39, 0.29) is 11.8 Å². The third-order valence-corrected chi connectivity index (χ3v) is 4.69. The van der Waals surface area contributed by atoms with E-state index in [0.29, 0.717) is 23.8 Å². The zero-order valence-corrected chi connectivity index (χ0v) is 15.5. The molecule has 0 fully saturated rings. The first-order chi connectivity index (χ1) is 13.1. The molecule has 1 N–H and O–H groups in total. The third-order valence-electron chi connectivity index (χ3n) is 4.69. The molecule has 2 heterocycles. The van der Waals surface area contributed by atoms with Gasteiger partial charge in [-0.1, -0.05) is 43.3 Å². The van der Waals surface area contributed by atoms with Crippen molar-refractivity contribution < 1.29 is 9.32 Å². The summed E-state index contributed by atoms with van der Waals surface area (Å²) in [6.07, 6.45) is 0.898. The zero-order chi connectivity index (χ0) is 18.8. The van der Waals surface area contributed by atoms with Gasteiger partial charge in [0, 0.05) is 29.4 Å². The summed E-state index contributed by atoms with van der Waals surface area (Å²) in [4.78, 5) is 19.2. The highest BCUT2D eigenvalue weighted by molar-refractivity contribution is 6.07. The number of hydrogen-bond donors (Lipinski definition) is 1. The zero-order valence-electron chi connectivity index (χ0n) is 15.5. The highest BCUT2D eigenvalue weighted by Crippen LogP contribution is 2.29.